The number of likely N-dealkylation sites (tertiary alicyclic amines) is 1. The number of halogens is 1. The van der Waals surface area contributed by atoms with Crippen LogP contribution in [0.1, 0.15) is 43.0 Å². The van der Waals surface area contributed by atoms with Crippen molar-refractivity contribution in [1.29, 1.82) is 0 Å². The molecular weight excluding hydrogens is 343 g/mol. The van der Waals surface area contributed by atoms with Gasteiger partial charge < -0.3 is 4.57 Å². The van der Waals surface area contributed by atoms with Crippen molar-refractivity contribution in [3.05, 3.63) is 59.7 Å². The first kappa shape index (κ1) is 17.9. The molecule has 1 saturated heterocycles. The van der Waals surface area contributed by atoms with Crippen molar-refractivity contribution in [2.24, 2.45) is 12.1 Å². The lowest BCUT2D eigenvalue weighted by atomic mass is 10.0. The maximum atomic E-state index is 13.3. The molecule has 0 N–H and O–H groups in total. The van der Waals surface area contributed by atoms with Crippen LogP contribution in [-0.4, -0.2) is 45.7 Å². The summed E-state index contributed by atoms with van der Waals surface area (Å²) in [6.45, 7) is 2.35. The quantitative estimate of drug-likeness (QED) is 0.831. The van der Waals surface area contributed by atoms with E-state index in [4.69, 9.17) is 0 Å². The van der Waals surface area contributed by atoms with Gasteiger partial charge >= 0.3 is 0 Å². The topological polar surface area (TPSA) is 40.8 Å². The highest BCUT2D eigenvalue weighted by Gasteiger charge is 2.35. The minimum Gasteiger partial charge on any atom is -0.353 e. The largest absolute Gasteiger partial charge is 0.353 e. The molecule has 1 aromatic carbocycles. The Morgan fingerprint density at radius 2 is 1.89 bits per heavy atom. The number of amides is 1. The van der Waals surface area contributed by atoms with E-state index in [1.54, 1.807) is 17.1 Å². The van der Waals surface area contributed by atoms with Crippen LogP contribution in [0.15, 0.2) is 47.7 Å². The number of piperidine rings is 1. The van der Waals surface area contributed by atoms with Gasteiger partial charge in [0.25, 0.3) is 5.91 Å². The summed E-state index contributed by atoms with van der Waals surface area (Å²) in [7, 11) is 1.98. The second-order valence-corrected chi connectivity index (χ2v) is 7.39. The van der Waals surface area contributed by atoms with Gasteiger partial charge in [-0.25, -0.2) is 9.40 Å². The fourth-order valence-electron chi connectivity index (χ4n) is 3.99. The Labute approximate surface area is 159 Å². The molecule has 3 heterocycles. The molecule has 2 aliphatic rings. The lowest BCUT2D eigenvalue weighted by molar-refractivity contribution is -0.134. The molecule has 4 rings (SSSR count). The predicted octanol–water partition coefficient (Wildman–Crippen LogP) is 3.33. The van der Waals surface area contributed by atoms with Crippen LogP contribution in [-0.2, 0) is 11.8 Å². The van der Waals surface area contributed by atoms with Gasteiger partial charge in [-0.3, -0.25) is 9.69 Å². The van der Waals surface area contributed by atoms with Gasteiger partial charge in [-0.15, -0.1) is 0 Å². The van der Waals surface area contributed by atoms with Gasteiger partial charge in [0.2, 0.25) is 0 Å². The molecule has 1 aromatic heterocycles. The van der Waals surface area contributed by atoms with Gasteiger partial charge in [0.05, 0.1) is 12.3 Å². The van der Waals surface area contributed by atoms with Gasteiger partial charge in [-0.05, 0) is 55.8 Å². The average Bonchev–Trinajstić information content (AvgIpc) is 3.29. The molecule has 1 amide bonds. The molecular formula is C21H25FN4O. The van der Waals surface area contributed by atoms with Crippen molar-refractivity contribution in [2.75, 3.05) is 19.6 Å². The number of rotatable bonds is 4. The predicted molar refractivity (Wildman–Crippen MR) is 103 cm³/mol. The van der Waals surface area contributed by atoms with Crippen molar-refractivity contribution in [2.45, 2.75) is 31.7 Å². The van der Waals surface area contributed by atoms with Crippen molar-refractivity contribution in [3.63, 3.8) is 0 Å². The highest BCUT2D eigenvalue weighted by atomic mass is 19.1. The van der Waals surface area contributed by atoms with Crippen LogP contribution in [0.2, 0.25) is 0 Å². The summed E-state index contributed by atoms with van der Waals surface area (Å²) in [6, 6.07) is 10.2. The monoisotopic (exact) mass is 368 g/mol. The lowest BCUT2D eigenvalue weighted by Crippen LogP contribution is -2.40. The maximum Gasteiger partial charge on any atom is 0.257 e. The summed E-state index contributed by atoms with van der Waals surface area (Å²) in [4.78, 5) is 15.3. The summed E-state index contributed by atoms with van der Waals surface area (Å²) in [6.07, 6.45) is 6.16. The normalized spacial score (nSPS) is 20.7. The van der Waals surface area contributed by atoms with Crippen LogP contribution in [0.4, 0.5) is 4.39 Å². The van der Waals surface area contributed by atoms with Crippen LogP contribution in [0.25, 0.3) is 0 Å². The first-order chi connectivity index (χ1) is 13.1. The fourth-order valence-corrected chi connectivity index (χ4v) is 3.99. The molecule has 27 heavy (non-hydrogen) atoms. The Kier molecular flexibility index (Phi) is 5.07. The number of hydrazone groups is 1. The summed E-state index contributed by atoms with van der Waals surface area (Å²) in [5.41, 5.74) is 2.75. The van der Waals surface area contributed by atoms with Crippen molar-refractivity contribution in [1.82, 2.24) is 14.5 Å². The summed E-state index contributed by atoms with van der Waals surface area (Å²) < 4.78 is 15.3. The Bertz CT molecular complexity index is 836. The molecule has 0 spiro atoms. The lowest BCUT2D eigenvalue weighted by Gasteiger charge is -2.29. The zero-order chi connectivity index (χ0) is 18.8. The van der Waals surface area contributed by atoms with Crippen LogP contribution in [0, 0.1) is 5.82 Å². The number of aryl methyl sites for hydroxylation is 1. The molecule has 5 nitrogen and oxygen atoms in total. The number of benzene rings is 1. The molecule has 2 aromatic rings. The van der Waals surface area contributed by atoms with E-state index in [9.17, 15) is 9.18 Å². The Morgan fingerprint density at radius 3 is 2.56 bits per heavy atom. The van der Waals surface area contributed by atoms with Gasteiger partial charge in [-0.2, -0.15) is 5.10 Å². The van der Waals surface area contributed by atoms with Crippen LogP contribution < -0.4 is 0 Å². The van der Waals surface area contributed by atoms with E-state index in [1.165, 1.54) is 18.6 Å². The highest BCUT2D eigenvalue weighted by molar-refractivity contribution is 6.03. The van der Waals surface area contributed by atoms with E-state index in [2.05, 4.69) is 10.0 Å². The highest BCUT2D eigenvalue weighted by Crippen LogP contribution is 2.33. The van der Waals surface area contributed by atoms with Crippen molar-refractivity contribution >= 4 is 11.6 Å². The molecule has 2 aliphatic heterocycles. The second-order valence-electron chi connectivity index (χ2n) is 7.39. The smallest absolute Gasteiger partial charge is 0.257 e. The third-order valence-corrected chi connectivity index (χ3v) is 5.48. The van der Waals surface area contributed by atoms with Gasteiger partial charge in [0.15, 0.2) is 0 Å². The van der Waals surface area contributed by atoms with Crippen molar-refractivity contribution in [3.8, 4) is 0 Å². The number of hydrogen-bond donors (Lipinski definition) is 0. The number of aromatic nitrogens is 1. The third kappa shape index (κ3) is 3.81. The fraction of sp³-hybridized carbons (Fsp3) is 0.429. The molecule has 142 valence electrons. The van der Waals surface area contributed by atoms with E-state index < -0.39 is 0 Å². The average molecular weight is 368 g/mol. The van der Waals surface area contributed by atoms with E-state index in [0.29, 0.717) is 13.0 Å². The molecule has 0 unspecified atom stereocenters. The SMILES string of the molecule is Cn1cccc1[C@H]1CC(c2ccc(F)cc2)=NN1C(=O)CN1CCCCC1. The minimum absolute atomic E-state index is 0.0280. The van der Waals surface area contributed by atoms with E-state index in [-0.39, 0.29) is 17.8 Å². The van der Waals surface area contributed by atoms with Gasteiger partial charge in [0, 0.05) is 25.4 Å². The van der Waals surface area contributed by atoms with Crippen molar-refractivity contribution < 1.29 is 9.18 Å². The first-order valence-electron chi connectivity index (χ1n) is 9.61. The Hall–Kier alpha value is -2.47. The first-order valence-corrected chi connectivity index (χ1v) is 9.61. The number of hydrogen-bond acceptors (Lipinski definition) is 3. The number of carbonyl (C=O) groups is 1. The maximum absolute atomic E-state index is 13.3. The van der Waals surface area contributed by atoms with Crippen LogP contribution in [0.3, 0.4) is 0 Å². The molecule has 0 saturated carbocycles. The van der Waals surface area contributed by atoms with E-state index in [1.807, 2.05) is 29.9 Å². The van der Waals surface area contributed by atoms with E-state index >= 15 is 0 Å². The number of nitrogens with zero attached hydrogens (tertiary/aromatic N) is 4. The summed E-state index contributed by atoms with van der Waals surface area (Å²) in [5.74, 6) is -0.241. The summed E-state index contributed by atoms with van der Waals surface area (Å²) in [5, 5.41) is 6.31. The van der Waals surface area contributed by atoms with Crippen LogP contribution >= 0.6 is 0 Å². The van der Waals surface area contributed by atoms with Crippen LogP contribution in [0.5, 0.6) is 0 Å². The third-order valence-electron chi connectivity index (χ3n) is 5.48. The second kappa shape index (κ2) is 7.64. The van der Waals surface area contributed by atoms with Gasteiger partial charge in [0.1, 0.15) is 11.9 Å². The zero-order valence-corrected chi connectivity index (χ0v) is 15.6. The molecule has 1 fully saturated rings. The molecule has 0 radical (unpaired) electrons. The van der Waals surface area contributed by atoms with Gasteiger partial charge in [-0.1, -0.05) is 18.6 Å². The standard InChI is InChI=1S/C21H25FN4O/c1-24-11-5-6-19(24)20-14-18(16-7-9-17(22)10-8-16)23-26(20)21(27)15-25-12-3-2-4-13-25/h5-11,20H,2-4,12-15H2,1H3/t20-/m1/s1. The zero-order valence-electron chi connectivity index (χ0n) is 15.6. The molecule has 0 bridgehead atoms. The Balaban J connectivity index is 1.59. The van der Waals surface area contributed by atoms with E-state index in [0.717, 1.165) is 42.9 Å². The summed E-state index contributed by atoms with van der Waals surface area (Å²) >= 11 is 0. The number of carbonyl (C=O) groups excluding carboxylic acids is 1. The minimum atomic E-state index is -0.269. The molecule has 6 heteroatoms. The Morgan fingerprint density at radius 1 is 1.15 bits per heavy atom. The molecule has 0 aliphatic carbocycles. The molecule has 1 atom stereocenters.